The molecule has 0 radical (unpaired) electrons. The van der Waals surface area contributed by atoms with E-state index in [-0.39, 0.29) is 18.0 Å². The van der Waals surface area contributed by atoms with Crippen molar-refractivity contribution in [3.63, 3.8) is 0 Å². The van der Waals surface area contributed by atoms with Gasteiger partial charge in [-0.2, -0.15) is 0 Å². The molecule has 6 heteroatoms. The number of nitrogens with zero attached hydrogens (tertiary/aromatic N) is 1. The first-order valence-corrected chi connectivity index (χ1v) is 5.61. The van der Waals surface area contributed by atoms with Crippen molar-refractivity contribution in [3.05, 3.63) is 39.9 Å². The molecule has 6 nitrogen and oxygen atoms in total. The van der Waals surface area contributed by atoms with Crippen LogP contribution in [0.3, 0.4) is 0 Å². The van der Waals surface area contributed by atoms with Gasteiger partial charge in [0.15, 0.2) is 6.29 Å². The third kappa shape index (κ3) is 4.06. The third-order valence-corrected chi connectivity index (χ3v) is 2.72. The van der Waals surface area contributed by atoms with Crippen molar-refractivity contribution in [2.45, 2.75) is 19.3 Å². The average Bonchev–Trinajstić information content (AvgIpc) is 2.39. The van der Waals surface area contributed by atoms with Crippen molar-refractivity contribution in [2.75, 3.05) is 20.8 Å². The molecule has 0 amide bonds. The molecule has 0 spiro atoms. The monoisotopic (exact) mass is 254 g/mol. The van der Waals surface area contributed by atoms with Crippen LogP contribution in [-0.4, -0.2) is 32.0 Å². The second-order valence-corrected chi connectivity index (χ2v) is 3.88. The van der Waals surface area contributed by atoms with E-state index < -0.39 is 4.92 Å². The molecule has 1 N–H and O–H groups in total. The summed E-state index contributed by atoms with van der Waals surface area (Å²) in [6.07, 6.45) is -0.300. The highest BCUT2D eigenvalue weighted by molar-refractivity contribution is 5.33. The number of nitrogens with one attached hydrogen (secondary N) is 1. The van der Waals surface area contributed by atoms with E-state index in [1.807, 2.05) is 6.92 Å². The fourth-order valence-corrected chi connectivity index (χ4v) is 1.54. The van der Waals surface area contributed by atoms with E-state index in [1.165, 1.54) is 12.1 Å². The molecule has 0 aliphatic carbocycles. The molecule has 1 rings (SSSR count). The largest absolute Gasteiger partial charge is 0.355 e. The molecule has 100 valence electrons. The number of hydrogen-bond acceptors (Lipinski definition) is 5. The molecule has 1 atom stereocenters. The zero-order chi connectivity index (χ0) is 13.5. The number of rotatable bonds is 7. The minimum Gasteiger partial charge on any atom is -0.355 e. The van der Waals surface area contributed by atoms with Gasteiger partial charge in [-0.25, -0.2) is 0 Å². The quantitative estimate of drug-likeness (QED) is 0.457. The molecule has 0 aliphatic rings. The summed E-state index contributed by atoms with van der Waals surface area (Å²) >= 11 is 0. The summed E-state index contributed by atoms with van der Waals surface area (Å²) in [5.74, 6) is 0. The molecule has 18 heavy (non-hydrogen) atoms. The van der Waals surface area contributed by atoms with Gasteiger partial charge in [0.1, 0.15) is 0 Å². The lowest BCUT2D eigenvalue weighted by atomic mass is 10.1. The van der Waals surface area contributed by atoms with Gasteiger partial charge >= 0.3 is 0 Å². The topological polar surface area (TPSA) is 73.6 Å². The van der Waals surface area contributed by atoms with Gasteiger partial charge in [0.2, 0.25) is 0 Å². The first kappa shape index (κ1) is 14.6. The van der Waals surface area contributed by atoms with Crippen LogP contribution in [0, 0.1) is 10.1 Å². The summed E-state index contributed by atoms with van der Waals surface area (Å²) in [4.78, 5) is 10.1. The van der Waals surface area contributed by atoms with Crippen LogP contribution in [0.5, 0.6) is 0 Å². The molecule has 0 aromatic heterocycles. The first-order chi connectivity index (χ1) is 8.58. The van der Waals surface area contributed by atoms with Gasteiger partial charge in [-0.1, -0.05) is 12.1 Å². The minimum atomic E-state index is -0.409. The van der Waals surface area contributed by atoms with Gasteiger partial charge in [-0.15, -0.1) is 0 Å². The molecule has 0 fully saturated rings. The number of ether oxygens (including phenoxy) is 2. The van der Waals surface area contributed by atoms with Gasteiger partial charge in [0, 0.05) is 38.9 Å². The zero-order valence-electron chi connectivity index (χ0n) is 10.8. The molecule has 0 saturated carbocycles. The maximum absolute atomic E-state index is 10.5. The molecule has 0 saturated heterocycles. The smallest absolute Gasteiger partial charge is 0.269 e. The van der Waals surface area contributed by atoms with Gasteiger partial charge in [-0.05, 0) is 12.5 Å². The molecular weight excluding hydrogens is 236 g/mol. The van der Waals surface area contributed by atoms with E-state index in [1.54, 1.807) is 26.4 Å². The summed E-state index contributed by atoms with van der Waals surface area (Å²) < 4.78 is 10.1. The molecule has 0 aliphatic heterocycles. The third-order valence-electron chi connectivity index (χ3n) is 2.72. The Morgan fingerprint density at radius 2 is 1.83 bits per heavy atom. The Labute approximate surface area is 106 Å². The maximum Gasteiger partial charge on any atom is 0.269 e. The van der Waals surface area contributed by atoms with Gasteiger partial charge in [0.05, 0.1) is 4.92 Å². The van der Waals surface area contributed by atoms with Crippen molar-refractivity contribution in [1.29, 1.82) is 0 Å². The summed E-state index contributed by atoms with van der Waals surface area (Å²) in [6, 6.07) is 6.54. The van der Waals surface area contributed by atoms with Crippen LogP contribution in [0.25, 0.3) is 0 Å². The second kappa shape index (κ2) is 7.05. The molecular formula is C12H18N2O4. The predicted octanol–water partition coefficient (Wildman–Crippen LogP) is 1.86. The number of benzene rings is 1. The van der Waals surface area contributed by atoms with E-state index in [0.717, 1.165) is 5.56 Å². The van der Waals surface area contributed by atoms with E-state index in [9.17, 15) is 10.1 Å². The lowest BCUT2D eigenvalue weighted by Gasteiger charge is -2.18. The van der Waals surface area contributed by atoms with Crippen LogP contribution >= 0.6 is 0 Å². The lowest BCUT2D eigenvalue weighted by molar-refractivity contribution is -0.384. The van der Waals surface area contributed by atoms with Crippen molar-refractivity contribution in [3.8, 4) is 0 Å². The highest BCUT2D eigenvalue weighted by Gasteiger charge is 2.11. The van der Waals surface area contributed by atoms with Crippen LogP contribution in [-0.2, 0) is 9.47 Å². The van der Waals surface area contributed by atoms with Crippen molar-refractivity contribution in [2.24, 2.45) is 0 Å². The summed E-state index contributed by atoms with van der Waals surface area (Å²) in [5, 5.41) is 13.8. The van der Waals surface area contributed by atoms with Crippen molar-refractivity contribution < 1.29 is 14.4 Å². The number of nitro groups is 1. The molecule has 1 aromatic carbocycles. The molecule has 0 bridgehead atoms. The van der Waals surface area contributed by atoms with Gasteiger partial charge in [-0.3, -0.25) is 10.1 Å². The molecule has 0 heterocycles. The fraction of sp³-hybridized carbons (Fsp3) is 0.500. The number of non-ortho nitro benzene ring substituents is 1. The molecule has 1 aromatic rings. The Hall–Kier alpha value is -1.50. The van der Waals surface area contributed by atoms with E-state index in [0.29, 0.717) is 6.54 Å². The van der Waals surface area contributed by atoms with Crippen molar-refractivity contribution in [1.82, 2.24) is 5.32 Å². The summed E-state index contributed by atoms with van der Waals surface area (Å²) in [7, 11) is 3.15. The Kier molecular flexibility index (Phi) is 5.70. The Morgan fingerprint density at radius 3 is 2.28 bits per heavy atom. The predicted molar refractivity (Wildman–Crippen MR) is 67.3 cm³/mol. The highest BCUT2D eigenvalue weighted by Crippen LogP contribution is 2.17. The normalized spacial score (nSPS) is 12.7. The van der Waals surface area contributed by atoms with Crippen LogP contribution < -0.4 is 5.32 Å². The van der Waals surface area contributed by atoms with E-state index in [2.05, 4.69) is 5.32 Å². The lowest BCUT2D eigenvalue weighted by Crippen LogP contribution is -2.31. The van der Waals surface area contributed by atoms with E-state index in [4.69, 9.17) is 9.47 Å². The number of methoxy groups -OCH3 is 2. The number of nitro benzene ring substituents is 1. The van der Waals surface area contributed by atoms with E-state index >= 15 is 0 Å². The second-order valence-electron chi connectivity index (χ2n) is 3.88. The fourth-order valence-electron chi connectivity index (χ4n) is 1.54. The standard InChI is InChI=1S/C12H18N2O4/c1-9(13-8-12(17-2)18-3)10-4-6-11(7-5-10)14(15)16/h4-7,9,12-13H,8H2,1-3H3. The van der Waals surface area contributed by atoms with Crippen molar-refractivity contribution >= 4 is 5.69 Å². The van der Waals surface area contributed by atoms with Crippen LogP contribution in [0.2, 0.25) is 0 Å². The van der Waals surface area contributed by atoms with Gasteiger partial charge < -0.3 is 14.8 Å². The molecule has 1 unspecified atom stereocenters. The average molecular weight is 254 g/mol. The van der Waals surface area contributed by atoms with Crippen LogP contribution in [0.15, 0.2) is 24.3 Å². The summed E-state index contributed by atoms with van der Waals surface area (Å²) in [5.41, 5.74) is 1.07. The first-order valence-electron chi connectivity index (χ1n) is 5.61. The van der Waals surface area contributed by atoms with Crippen LogP contribution in [0.4, 0.5) is 5.69 Å². The minimum absolute atomic E-state index is 0.0682. The van der Waals surface area contributed by atoms with Gasteiger partial charge in [0.25, 0.3) is 5.69 Å². The SMILES string of the molecule is COC(CNC(C)c1ccc([N+](=O)[O-])cc1)OC. The highest BCUT2D eigenvalue weighted by atomic mass is 16.7. The Bertz CT molecular complexity index is 376. The Balaban J connectivity index is 2.56. The van der Waals surface area contributed by atoms with Crippen LogP contribution in [0.1, 0.15) is 18.5 Å². The number of hydrogen-bond donors (Lipinski definition) is 1. The maximum atomic E-state index is 10.5. The zero-order valence-corrected chi connectivity index (χ0v) is 10.8. The Morgan fingerprint density at radius 1 is 1.28 bits per heavy atom. The summed E-state index contributed by atoms with van der Waals surface area (Å²) in [6.45, 7) is 2.52.